The van der Waals surface area contributed by atoms with Gasteiger partial charge in [-0.3, -0.25) is 9.59 Å². The number of carboxylic acids is 2. The lowest BCUT2D eigenvalue weighted by atomic mass is 10.1. The largest absolute Gasteiger partial charge is 0.481 e. The molecule has 0 radical (unpaired) electrons. The topological polar surface area (TPSA) is 98.7 Å². The number of nitrogens with one attached hydrogen (secondary N) is 2. The van der Waals surface area contributed by atoms with Gasteiger partial charge in [-0.05, 0) is 116 Å². The van der Waals surface area contributed by atoms with Gasteiger partial charge in [0.1, 0.15) is 0 Å². The number of carbonyl (C=O) groups is 2. The van der Waals surface area contributed by atoms with Crippen LogP contribution >= 0.6 is 0 Å². The van der Waals surface area contributed by atoms with E-state index in [0.717, 1.165) is 77.5 Å². The molecular weight excluding hydrogens is 669 g/mol. The van der Waals surface area contributed by atoms with Crippen molar-refractivity contribution in [3.63, 3.8) is 0 Å². The summed E-state index contributed by atoms with van der Waals surface area (Å²) in [6.45, 7) is 8.90. The first-order valence-corrected chi connectivity index (χ1v) is 20.9. The maximum absolute atomic E-state index is 10.3. The number of allylic oxidation sites excluding steroid dienone is 20. The number of carboxylic acid groups (broad SMARTS) is 2. The monoisotopic (exact) mass is 747 g/mol. The van der Waals surface area contributed by atoms with Crippen LogP contribution in [0.3, 0.4) is 0 Å². The predicted molar refractivity (Wildman–Crippen MR) is 236 cm³/mol. The van der Waals surface area contributed by atoms with E-state index in [2.05, 4.69) is 110 Å². The first kappa shape index (κ1) is 52.4. The van der Waals surface area contributed by atoms with Gasteiger partial charge in [-0.2, -0.15) is 0 Å². The van der Waals surface area contributed by atoms with Crippen LogP contribution in [0.4, 0.5) is 0 Å². The quantitative estimate of drug-likeness (QED) is 0.0332. The van der Waals surface area contributed by atoms with E-state index >= 15 is 0 Å². The number of unbranched alkanes of at least 4 members (excludes halogenated alkanes) is 8. The van der Waals surface area contributed by atoms with Crippen LogP contribution in [-0.2, 0) is 9.59 Å². The zero-order valence-electron chi connectivity index (χ0n) is 34.2. The van der Waals surface area contributed by atoms with Crippen LogP contribution in [0.25, 0.3) is 0 Å². The molecular formula is C48H78N2O4. The fraction of sp³-hybridized carbons (Fsp3) is 0.542. The van der Waals surface area contributed by atoms with Crippen LogP contribution in [0.5, 0.6) is 0 Å². The van der Waals surface area contributed by atoms with Crippen molar-refractivity contribution in [1.29, 1.82) is 0 Å². The molecule has 1 fully saturated rings. The minimum absolute atomic E-state index is 0.205. The Labute approximate surface area is 331 Å². The molecule has 0 saturated carbocycles. The molecule has 0 atom stereocenters. The number of hydrogen-bond donors (Lipinski definition) is 4. The first-order valence-electron chi connectivity index (χ1n) is 20.9. The van der Waals surface area contributed by atoms with Crippen molar-refractivity contribution in [2.75, 3.05) is 26.2 Å². The molecule has 0 bridgehead atoms. The Kier molecular flexibility index (Phi) is 47.8. The maximum Gasteiger partial charge on any atom is 0.303 e. The second kappa shape index (κ2) is 49.3. The van der Waals surface area contributed by atoms with Crippen molar-refractivity contribution < 1.29 is 19.8 Å². The van der Waals surface area contributed by atoms with Crippen LogP contribution in [0.1, 0.15) is 142 Å². The first-order chi connectivity index (χ1) is 26.5. The molecule has 4 N–H and O–H groups in total. The van der Waals surface area contributed by atoms with E-state index in [0.29, 0.717) is 12.8 Å². The van der Waals surface area contributed by atoms with Gasteiger partial charge in [-0.25, -0.2) is 0 Å². The molecule has 0 aromatic carbocycles. The molecule has 0 amide bonds. The highest BCUT2D eigenvalue weighted by atomic mass is 16.4. The van der Waals surface area contributed by atoms with E-state index in [-0.39, 0.29) is 12.8 Å². The highest BCUT2D eigenvalue weighted by molar-refractivity contribution is 5.67. The van der Waals surface area contributed by atoms with Crippen molar-refractivity contribution >= 4 is 11.9 Å². The van der Waals surface area contributed by atoms with Crippen LogP contribution in [0.15, 0.2) is 122 Å². The summed E-state index contributed by atoms with van der Waals surface area (Å²) >= 11 is 0. The van der Waals surface area contributed by atoms with E-state index in [4.69, 9.17) is 10.2 Å². The van der Waals surface area contributed by atoms with E-state index < -0.39 is 11.9 Å². The number of piperazine rings is 1. The highest BCUT2D eigenvalue weighted by Gasteiger charge is 1.92. The van der Waals surface area contributed by atoms with E-state index in [1.54, 1.807) is 0 Å². The fourth-order valence-corrected chi connectivity index (χ4v) is 4.73. The summed E-state index contributed by atoms with van der Waals surface area (Å²) < 4.78 is 0. The Morgan fingerprint density at radius 2 is 0.667 bits per heavy atom. The Morgan fingerprint density at radius 1 is 0.389 bits per heavy atom. The number of hydrogen-bond acceptors (Lipinski definition) is 4. The minimum Gasteiger partial charge on any atom is -0.481 e. The van der Waals surface area contributed by atoms with Gasteiger partial charge in [-0.1, -0.05) is 135 Å². The van der Waals surface area contributed by atoms with Gasteiger partial charge >= 0.3 is 11.9 Å². The highest BCUT2D eigenvalue weighted by Crippen LogP contribution is 2.05. The predicted octanol–water partition coefficient (Wildman–Crippen LogP) is 12.7. The average Bonchev–Trinajstić information content (AvgIpc) is 3.17. The molecule has 6 heteroatoms. The molecule has 0 aliphatic carbocycles. The Hall–Kier alpha value is -3.74. The molecule has 0 aromatic rings. The van der Waals surface area contributed by atoms with E-state index in [1.807, 2.05) is 36.5 Å². The van der Waals surface area contributed by atoms with Gasteiger partial charge in [0.25, 0.3) is 0 Å². The molecule has 1 heterocycles. The Balaban J connectivity index is 0. The lowest BCUT2D eigenvalue weighted by Gasteiger charge is -2.11. The van der Waals surface area contributed by atoms with Gasteiger partial charge < -0.3 is 20.8 Å². The van der Waals surface area contributed by atoms with Crippen LogP contribution < -0.4 is 10.6 Å². The van der Waals surface area contributed by atoms with Gasteiger partial charge in [0, 0.05) is 39.0 Å². The molecule has 6 nitrogen and oxygen atoms in total. The Bertz CT molecular complexity index is 1020. The summed E-state index contributed by atoms with van der Waals surface area (Å²) in [5.74, 6) is -1.49. The zero-order valence-corrected chi connectivity index (χ0v) is 34.2. The van der Waals surface area contributed by atoms with Gasteiger partial charge in [0.2, 0.25) is 0 Å². The maximum atomic E-state index is 10.3. The van der Waals surface area contributed by atoms with Crippen molar-refractivity contribution in [2.45, 2.75) is 142 Å². The summed E-state index contributed by atoms with van der Waals surface area (Å²) in [4.78, 5) is 20.6. The Morgan fingerprint density at radius 3 is 0.963 bits per heavy atom. The molecule has 1 aliphatic heterocycles. The lowest BCUT2D eigenvalue weighted by molar-refractivity contribution is -0.137. The third-order valence-electron chi connectivity index (χ3n) is 7.77. The van der Waals surface area contributed by atoms with Crippen molar-refractivity contribution in [1.82, 2.24) is 10.6 Å². The summed E-state index contributed by atoms with van der Waals surface area (Å²) in [5.41, 5.74) is 0. The van der Waals surface area contributed by atoms with Crippen molar-refractivity contribution in [3.05, 3.63) is 122 Å². The second-order valence-corrected chi connectivity index (χ2v) is 12.9. The van der Waals surface area contributed by atoms with Gasteiger partial charge in [0.15, 0.2) is 0 Å². The molecule has 54 heavy (non-hydrogen) atoms. The second-order valence-electron chi connectivity index (χ2n) is 12.9. The third-order valence-corrected chi connectivity index (χ3v) is 7.77. The molecule has 1 rings (SSSR count). The summed E-state index contributed by atoms with van der Waals surface area (Å²) in [5, 5.41) is 23.4. The minimum atomic E-state index is -0.744. The molecule has 1 saturated heterocycles. The summed E-state index contributed by atoms with van der Waals surface area (Å²) in [7, 11) is 0. The normalized spacial score (nSPS) is 14.0. The van der Waals surface area contributed by atoms with Crippen LogP contribution in [0, 0.1) is 0 Å². The number of aliphatic carboxylic acids is 2. The van der Waals surface area contributed by atoms with Crippen LogP contribution in [0.2, 0.25) is 0 Å². The van der Waals surface area contributed by atoms with Gasteiger partial charge in [0.05, 0.1) is 0 Å². The fourth-order valence-electron chi connectivity index (χ4n) is 4.73. The van der Waals surface area contributed by atoms with Crippen molar-refractivity contribution in [3.8, 4) is 0 Å². The standard InChI is InChI=1S/2C22H34O2.C4H10N2/c2*1-2-3-4-5-6-7-8-9-10-11-12-13-14-15-16-17-18-19-20-21-22(23)24;1-2-6-4-3-5-1/h2*3-4,9-10,12-13,16-19H,2,5-8,11,14-15,20-21H2,1H3,(H,23,24);5-6H,1-4H2/b2*4-3-,10-9-,13-12-,17-16+,19-18-;. The third kappa shape index (κ3) is 55.0. The lowest BCUT2D eigenvalue weighted by Crippen LogP contribution is -2.39. The zero-order chi connectivity index (χ0) is 39.7. The number of rotatable bonds is 30. The molecule has 304 valence electrons. The average molecular weight is 747 g/mol. The summed E-state index contributed by atoms with van der Waals surface area (Å²) in [6.07, 6.45) is 62.9. The smallest absolute Gasteiger partial charge is 0.303 e. The molecule has 0 spiro atoms. The van der Waals surface area contributed by atoms with Gasteiger partial charge in [-0.15, -0.1) is 0 Å². The summed E-state index contributed by atoms with van der Waals surface area (Å²) in [6, 6.07) is 0. The van der Waals surface area contributed by atoms with E-state index in [1.165, 1.54) is 51.4 Å². The molecule has 0 unspecified atom stereocenters. The van der Waals surface area contributed by atoms with E-state index in [9.17, 15) is 9.59 Å². The van der Waals surface area contributed by atoms with Crippen LogP contribution in [-0.4, -0.2) is 48.3 Å². The molecule has 0 aromatic heterocycles. The SMILES string of the molecule is C1CNCCN1.CC/C=C\CCCC/C=C\C/C=C\CC/C=C/C=C\CCC(=O)O.CC/C=C\CCCC/C=C\C/C=C\CC/C=C/C=C\CCC(=O)O. The van der Waals surface area contributed by atoms with Crippen molar-refractivity contribution in [2.24, 2.45) is 0 Å². The molecule has 1 aliphatic rings.